The standard InChI is InChI=1S/C14H27N3O/c1-11-8-15-9-12(11)13(18)16-10-14(2)4-6-17(3)7-5-14/h11-12,15H,4-10H2,1-3H3,(H,16,18). The number of amides is 1. The van der Waals surface area contributed by atoms with Crippen molar-refractivity contribution in [2.75, 3.05) is 39.8 Å². The van der Waals surface area contributed by atoms with E-state index in [1.807, 2.05) is 0 Å². The molecule has 2 atom stereocenters. The molecule has 0 radical (unpaired) electrons. The molecule has 18 heavy (non-hydrogen) atoms. The maximum atomic E-state index is 12.1. The van der Waals surface area contributed by atoms with Crippen molar-refractivity contribution in [1.82, 2.24) is 15.5 Å². The first-order valence-electron chi connectivity index (χ1n) is 7.17. The second-order valence-corrected chi connectivity index (χ2v) is 6.57. The SMILES string of the molecule is CC1CNCC1C(=O)NCC1(C)CCN(C)CC1. The molecule has 0 spiro atoms. The van der Waals surface area contributed by atoms with Gasteiger partial charge in [-0.2, -0.15) is 0 Å². The lowest BCUT2D eigenvalue weighted by atomic mass is 9.80. The van der Waals surface area contributed by atoms with Crippen LogP contribution in [0.25, 0.3) is 0 Å². The highest BCUT2D eigenvalue weighted by molar-refractivity contribution is 5.79. The number of nitrogens with zero attached hydrogens (tertiary/aromatic N) is 1. The topological polar surface area (TPSA) is 44.4 Å². The molecule has 0 bridgehead atoms. The van der Waals surface area contributed by atoms with E-state index >= 15 is 0 Å². The van der Waals surface area contributed by atoms with E-state index in [1.54, 1.807) is 0 Å². The fourth-order valence-corrected chi connectivity index (χ4v) is 2.93. The number of nitrogens with one attached hydrogen (secondary N) is 2. The van der Waals surface area contributed by atoms with Gasteiger partial charge in [-0.3, -0.25) is 4.79 Å². The normalized spacial score (nSPS) is 32.4. The zero-order valence-corrected chi connectivity index (χ0v) is 12.0. The Balaban J connectivity index is 1.78. The molecule has 0 aromatic heterocycles. The Morgan fingerprint density at radius 2 is 2.06 bits per heavy atom. The van der Waals surface area contributed by atoms with Crippen molar-refractivity contribution in [3.63, 3.8) is 0 Å². The van der Waals surface area contributed by atoms with Crippen LogP contribution >= 0.6 is 0 Å². The summed E-state index contributed by atoms with van der Waals surface area (Å²) in [5.74, 6) is 0.878. The third-order valence-electron chi connectivity index (χ3n) is 4.74. The molecule has 2 aliphatic heterocycles. The van der Waals surface area contributed by atoms with E-state index in [2.05, 4.69) is 36.4 Å². The molecule has 1 amide bonds. The van der Waals surface area contributed by atoms with E-state index in [-0.39, 0.29) is 17.2 Å². The second kappa shape index (κ2) is 5.57. The summed E-state index contributed by atoms with van der Waals surface area (Å²) < 4.78 is 0. The van der Waals surface area contributed by atoms with Gasteiger partial charge in [-0.25, -0.2) is 0 Å². The van der Waals surface area contributed by atoms with Gasteiger partial charge >= 0.3 is 0 Å². The Hall–Kier alpha value is -0.610. The first kappa shape index (κ1) is 13.8. The van der Waals surface area contributed by atoms with Gasteiger partial charge in [0.05, 0.1) is 5.92 Å². The summed E-state index contributed by atoms with van der Waals surface area (Å²) >= 11 is 0. The van der Waals surface area contributed by atoms with Crippen LogP contribution in [0.5, 0.6) is 0 Å². The predicted octanol–water partition coefficient (Wildman–Crippen LogP) is 0.690. The monoisotopic (exact) mass is 253 g/mol. The molecule has 104 valence electrons. The number of piperidine rings is 1. The number of hydrogen-bond acceptors (Lipinski definition) is 3. The lowest BCUT2D eigenvalue weighted by Crippen LogP contribution is -2.45. The zero-order chi connectivity index (χ0) is 13.2. The van der Waals surface area contributed by atoms with Crippen LogP contribution in [0.2, 0.25) is 0 Å². The Labute approximate surface area is 110 Å². The van der Waals surface area contributed by atoms with Crippen molar-refractivity contribution in [3.8, 4) is 0 Å². The van der Waals surface area contributed by atoms with E-state index in [9.17, 15) is 4.79 Å². The Bertz CT molecular complexity index is 297. The van der Waals surface area contributed by atoms with Crippen LogP contribution in [0.15, 0.2) is 0 Å². The van der Waals surface area contributed by atoms with Gasteiger partial charge in [0.1, 0.15) is 0 Å². The quantitative estimate of drug-likeness (QED) is 0.778. The van der Waals surface area contributed by atoms with Crippen molar-refractivity contribution in [1.29, 1.82) is 0 Å². The number of hydrogen-bond donors (Lipinski definition) is 2. The number of likely N-dealkylation sites (tertiary alicyclic amines) is 1. The molecule has 4 nitrogen and oxygen atoms in total. The third-order valence-corrected chi connectivity index (χ3v) is 4.74. The minimum absolute atomic E-state index is 0.167. The van der Waals surface area contributed by atoms with Gasteiger partial charge in [0.15, 0.2) is 0 Å². The molecule has 2 fully saturated rings. The molecule has 4 heteroatoms. The number of rotatable bonds is 3. The van der Waals surface area contributed by atoms with Crippen molar-refractivity contribution >= 4 is 5.91 Å². The smallest absolute Gasteiger partial charge is 0.224 e. The highest BCUT2D eigenvalue weighted by Gasteiger charge is 2.33. The highest BCUT2D eigenvalue weighted by atomic mass is 16.1. The van der Waals surface area contributed by atoms with E-state index < -0.39 is 0 Å². The van der Waals surface area contributed by atoms with Gasteiger partial charge in [0.2, 0.25) is 5.91 Å². The van der Waals surface area contributed by atoms with Gasteiger partial charge in [-0.15, -0.1) is 0 Å². The minimum Gasteiger partial charge on any atom is -0.355 e. The molecule has 0 aromatic rings. The maximum absolute atomic E-state index is 12.1. The molecule has 0 saturated carbocycles. The highest BCUT2D eigenvalue weighted by Crippen LogP contribution is 2.29. The summed E-state index contributed by atoms with van der Waals surface area (Å²) in [5.41, 5.74) is 0.289. The van der Waals surface area contributed by atoms with Gasteiger partial charge < -0.3 is 15.5 Å². The summed E-state index contributed by atoms with van der Waals surface area (Å²) in [4.78, 5) is 14.5. The molecule has 2 saturated heterocycles. The zero-order valence-electron chi connectivity index (χ0n) is 12.0. The lowest BCUT2D eigenvalue weighted by molar-refractivity contribution is -0.126. The lowest BCUT2D eigenvalue weighted by Gasteiger charge is -2.38. The molecular weight excluding hydrogens is 226 g/mol. The largest absolute Gasteiger partial charge is 0.355 e. The van der Waals surface area contributed by atoms with E-state index in [0.29, 0.717) is 5.92 Å². The molecule has 0 aliphatic carbocycles. The van der Waals surface area contributed by atoms with E-state index in [0.717, 1.165) is 32.7 Å². The molecule has 0 aromatic carbocycles. The molecule has 2 heterocycles. The fraction of sp³-hybridized carbons (Fsp3) is 0.929. The maximum Gasteiger partial charge on any atom is 0.224 e. The van der Waals surface area contributed by atoms with Crippen LogP contribution in [0.1, 0.15) is 26.7 Å². The molecule has 2 aliphatic rings. The van der Waals surface area contributed by atoms with Crippen LogP contribution in [0.3, 0.4) is 0 Å². The van der Waals surface area contributed by atoms with Crippen molar-refractivity contribution in [2.24, 2.45) is 17.3 Å². The fourth-order valence-electron chi connectivity index (χ4n) is 2.93. The van der Waals surface area contributed by atoms with Crippen LogP contribution < -0.4 is 10.6 Å². The summed E-state index contributed by atoms with van der Waals surface area (Å²) in [6, 6.07) is 0. The summed E-state index contributed by atoms with van der Waals surface area (Å²) in [7, 11) is 2.17. The van der Waals surface area contributed by atoms with E-state index in [1.165, 1.54) is 12.8 Å². The number of carbonyl (C=O) groups is 1. The first-order valence-corrected chi connectivity index (χ1v) is 7.17. The Morgan fingerprint density at radius 1 is 1.39 bits per heavy atom. The van der Waals surface area contributed by atoms with Crippen LogP contribution in [0.4, 0.5) is 0 Å². The Morgan fingerprint density at radius 3 is 2.61 bits per heavy atom. The van der Waals surface area contributed by atoms with E-state index in [4.69, 9.17) is 0 Å². The Kier molecular flexibility index (Phi) is 4.28. The average Bonchev–Trinajstić information content (AvgIpc) is 2.77. The molecule has 2 unspecified atom stereocenters. The average molecular weight is 253 g/mol. The summed E-state index contributed by atoms with van der Waals surface area (Å²) in [5, 5.41) is 6.47. The van der Waals surface area contributed by atoms with Crippen molar-refractivity contribution < 1.29 is 4.79 Å². The minimum atomic E-state index is 0.167. The van der Waals surface area contributed by atoms with Gasteiger partial charge in [-0.05, 0) is 50.9 Å². The summed E-state index contributed by atoms with van der Waals surface area (Å²) in [6.07, 6.45) is 2.37. The van der Waals surface area contributed by atoms with Crippen molar-refractivity contribution in [3.05, 3.63) is 0 Å². The second-order valence-electron chi connectivity index (χ2n) is 6.57. The van der Waals surface area contributed by atoms with Gasteiger partial charge in [0, 0.05) is 13.1 Å². The van der Waals surface area contributed by atoms with Crippen LogP contribution in [-0.4, -0.2) is 50.6 Å². The van der Waals surface area contributed by atoms with Gasteiger partial charge in [-0.1, -0.05) is 13.8 Å². The summed E-state index contributed by atoms with van der Waals surface area (Å²) in [6.45, 7) is 9.40. The van der Waals surface area contributed by atoms with Gasteiger partial charge in [0.25, 0.3) is 0 Å². The molecular formula is C14H27N3O. The first-order chi connectivity index (χ1) is 8.50. The van der Waals surface area contributed by atoms with Crippen molar-refractivity contribution in [2.45, 2.75) is 26.7 Å². The third kappa shape index (κ3) is 3.23. The molecule has 2 rings (SSSR count). The molecule has 2 N–H and O–H groups in total. The van der Waals surface area contributed by atoms with Crippen LogP contribution in [-0.2, 0) is 4.79 Å². The number of carbonyl (C=O) groups excluding carboxylic acids is 1. The van der Waals surface area contributed by atoms with Crippen LogP contribution in [0, 0.1) is 17.3 Å². The predicted molar refractivity (Wildman–Crippen MR) is 73.4 cm³/mol.